The Morgan fingerprint density at radius 3 is 2.68 bits per heavy atom. The lowest BCUT2D eigenvalue weighted by Crippen LogP contribution is -2.23. The molecule has 0 radical (unpaired) electrons. The van der Waals surface area contributed by atoms with E-state index in [1.54, 1.807) is 25.1 Å². The Morgan fingerprint density at radius 2 is 2.04 bits per heavy atom. The van der Waals surface area contributed by atoms with E-state index in [0.717, 1.165) is 23.5 Å². The minimum absolute atomic E-state index is 0.0978. The Hall–Kier alpha value is -2.69. The van der Waals surface area contributed by atoms with Crippen molar-refractivity contribution in [1.82, 2.24) is 4.90 Å². The number of carbonyl (C=O) groups is 1. The van der Waals surface area contributed by atoms with E-state index in [1.165, 1.54) is 6.08 Å². The number of aryl methyl sites for hydroxylation is 1. The summed E-state index contributed by atoms with van der Waals surface area (Å²) in [6, 6.07) is 9.37. The molecule has 0 saturated heterocycles. The normalized spacial score (nSPS) is 10.9. The molecular formula is C20H25NO4. The number of likely N-dealkylation sites (N-methyl/N-ethyl adjacent to an activating group) is 1. The van der Waals surface area contributed by atoms with Crippen molar-refractivity contribution in [3.05, 3.63) is 53.5 Å². The number of hydrogen-bond donors (Lipinski definition) is 0. The number of rotatable bonds is 8. The van der Waals surface area contributed by atoms with Crippen LogP contribution in [0, 0.1) is 6.92 Å². The van der Waals surface area contributed by atoms with Crippen molar-refractivity contribution in [3.8, 4) is 11.5 Å². The van der Waals surface area contributed by atoms with Crippen LogP contribution in [0.15, 0.2) is 40.8 Å². The smallest absolute Gasteiger partial charge is 0.246 e. The topological polar surface area (TPSA) is 51.9 Å². The van der Waals surface area contributed by atoms with Crippen molar-refractivity contribution in [2.75, 3.05) is 20.8 Å². The number of carbonyl (C=O) groups excluding carboxylic acids is 1. The fourth-order valence-corrected chi connectivity index (χ4v) is 2.30. The van der Waals surface area contributed by atoms with E-state index >= 15 is 0 Å². The summed E-state index contributed by atoms with van der Waals surface area (Å²) >= 11 is 0. The van der Waals surface area contributed by atoms with Crippen molar-refractivity contribution in [1.29, 1.82) is 0 Å². The van der Waals surface area contributed by atoms with Crippen LogP contribution in [0.5, 0.6) is 11.5 Å². The van der Waals surface area contributed by atoms with Gasteiger partial charge in [-0.05, 0) is 49.2 Å². The summed E-state index contributed by atoms with van der Waals surface area (Å²) in [5.74, 6) is 2.87. The number of furan rings is 1. The van der Waals surface area contributed by atoms with E-state index in [2.05, 4.69) is 6.92 Å². The Labute approximate surface area is 148 Å². The highest BCUT2D eigenvalue weighted by Crippen LogP contribution is 2.28. The molecule has 1 heterocycles. The van der Waals surface area contributed by atoms with E-state index in [4.69, 9.17) is 13.9 Å². The quantitative estimate of drug-likeness (QED) is 0.678. The first-order valence-electron chi connectivity index (χ1n) is 8.32. The maximum absolute atomic E-state index is 12.2. The van der Waals surface area contributed by atoms with Crippen LogP contribution in [0.25, 0.3) is 6.08 Å². The van der Waals surface area contributed by atoms with E-state index in [-0.39, 0.29) is 5.91 Å². The molecule has 1 amide bonds. The largest absolute Gasteiger partial charge is 0.493 e. The van der Waals surface area contributed by atoms with E-state index in [1.807, 2.05) is 37.3 Å². The van der Waals surface area contributed by atoms with Gasteiger partial charge in [0, 0.05) is 13.1 Å². The van der Waals surface area contributed by atoms with Gasteiger partial charge in [-0.3, -0.25) is 4.79 Å². The summed E-state index contributed by atoms with van der Waals surface area (Å²) in [4.78, 5) is 13.8. The van der Waals surface area contributed by atoms with Crippen LogP contribution in [0.2, 0.25) is 0 Å². The Kier molecular flexibility index (Phi) is 6.69. The molecule has 2 aromatic rings. The molecule has 0 aliphatic carbocycles. The molecule has 2 rings (SSSR count). The Morgan fingerprint density at radius 1 is 1.24 bits per heavy atom. The van der Waals surface area contributed by atoms with Gasteiger partial charge in [-0.25, -0.2) is 0 Å². The second-order valence-electron chi connectivity index (χ2n) is 5.80. The third-order valence-corrected chi connectivity index (χ3v) is 3.63. The molecule has 1 aromatic carbocycles. The van der Waals surface area contributed by atoms with Crippen molar-refractivity contribution in [3.63, 3.8) is 0 Å². The van der Waals surface area contributed by atoms with Gasteiger partial charge in [-0.15, -0.1) is 0 Å². The molecule has 1 aromatic heterocycles. The van der Waals surface area contributed by atoms with Gasteiger partial charge in [0.1, 0.15) is 11.5 Å². The molecule has 0 fully saturated rings. The van der Waals surface area contributed by atoms with Crippen molar-refractivity contribution in [2.45, 2.75) is 26.8 Å². The van der Waals surface area contributed by atoms with Crippen LogP contribution in [0.4, 0.5) is 0 Å². The van der Waals surface area contributed by atoms with Gasteiger partial charge in [-0.2, -0.15) is 0 Å². The molecule has 0 bridgehead atoms. The summed E-state index contributed by atoms with van der Waals surface area (Å²) in [5.41, 5.74) is 0.872. The van der Waals surface area contributed by atoms with E-state index < -0.39 is 0 Å². The van der Waals surface area contributed by atoms with Gasteiger partial charge < -0.3 is 18.8 Å². The molecule has 0 unspecified atom stereocenters. The first-order valence-corrected chi connectivity index (χ1v) is 8.32. The minimum atomic E-state index is -0.0978. The number of hydrogen-bond acceptors (Lipinski definition) is 4. The third kappa shape index (κ3) is 5.41. The lowest BCUT2D eigenvalue weighted by atomic mass is 10.2. The van der Waals surface area contributed by atoms with Crippen LogP contribution in [0.1, 0.15) is 30.4 Å². The first-order chi connectivity index (χ1) is 12.0. The van der Waals surface area contributed by atoms with Crippen molar-refractivity contribution in [2.24, 2.45) is 0 Å². The molecular weight excluding hydrogens is 318 g/mol. The van der Waals surface area contributed by atoms with Crippen molar-refractivity contribution < 1.29 is 18.7 Å². The summed E-state index contributed by atoms with van der Waals surface area (Å²) in [6.07, 6.45) is 4.23. The summed E-state index contributed by atoms with van der Waals surface area (Å²) < 4.78 is 16.5. The number of benzene rings is 1. The SMILES string of the molecule is CCCOc1ccc(C=CC(=O)N(C)Cc2ccc(C)o2)cc1OC. The number of amides is 1. The molecule has 0 atom stereocenters. The molecule has 25 heavy (non-hydrogen) atoms. The zero-order valence-electron chi connectivity index (χ0n) is 15.2. The minimum Gasteiger partial charge on any atom is -0.493 e. The molecule has 5 heteroatoms. The molecule has 0 spiro atoms. The number of nitrogens with zero attached hydrogens (tertiary/aromatic N) is 1. The van der Waals surface area contributed by atoms with Crippen molar-refractivity contribution >= 4 is 12.0 Å². The highest BCUT2D eigenvalue weighted by molar-refractivity contribution is 5.91. The molecule has 0 aliphatic rings. The average Bonchev–Trinajstić information content (AvgIpc) is 3.02. The average molecular weight is 343 g/mol. The van der Waals surface area contributed by atoms with Crippen LogP contribution in [-0.4, -0.2) is 31.6 Å². The fraction of sp³-hybridized carbons (Fsp3) is 0.350. The van der Waals surface area contributed by atoms with Gasteiger partial charge in [0.25, 0.3) is 0 Å². The van der Waals surface area contributed by atoms with Gasteiger partial charge >= 0.3 is 0 Å². The van der Waals surface area contributed by atoms with E-state index in [9.17, 15) is 4.79 Å². The zero-order chi connectivity index (χ0) is 18.2. The maximum Gasteiger partial charge on any atom is 0.246 e. The van der Waals surface area contributed by atoms with Crippen LogP contribution < -0.4 is 9.47 Å². The molecule has 134 valence electrons. The summed E-state index contributed by atoms with van der Waals surface area (Å²) in [7, 11) is 3.35. The molecule has 0 aliphatic heterocycles. The third-order valence-electron chi connectivity index (χ3n) is 3.63. The van der Waals surface area contributed by atoms with Crippen LogP contribution >= 0.6 is 0 Å². The zero-order valence-corrected chi connectivity index (χ0v) is 15.2. The predicted molar refractivity (Wildman–Crippen MR) is 97.7 cm³/mol. The van der Waals surface area contributed by atoms with Gasteiger partial charge in [0.05, 0.1) is 20.3 Å². The fourth-order valence-electron chi connectivity index (χ4n) is 2.30. The molecule has 0 N–H and O–H groups in total. The van der Waals surface area contributed by atoms with Crippen LogP contribution in [0.3, 0.4) is 0 Å². The number of ether oxygens (including phenoxy) is 2. The van der Waals surface area contributed by atoms with Crippen LogP contribution in [-0.2, 0) is 11.3 Å². The standard InChI is InChI=1S/C20H25NO4/c1-5-12-24-18-10-7-16(13-19(18)23-4)8-11-20(22)21(3)14-17-9-6-15(2)25-17/h6-11,13H,5,12,14H2,1-4H3. The van der Waals surface area contributed by atoms with Gasteiger partial charge in [0.15, 0.2) is 11.5 Å². The first kappa shape index (κ1) is 18.6. The number of methoxy groups -OCH3 is 1. The summed E-state index contributed by atoms with van der Waals surface area (Å²) in [5, 5.41) is 0. The van der Waals surface area contributed by atoms with Gasteiger partial charge in [0.2, 0.25) is 5.91 Å². The second-order valence-corrected chi connectivity index (χ2v) is 5.80. The highest BCUT2D eigenvalue weighted by Gasteiger charge is 2.09. The second kappa shape index (κ2) is 8.97. The lowest BCUT2D eigenvalue weighted by Gasteiger charge is -2.13. The Balaban J connectivity index is 2.00. The predicted octanol–water partition coefficient (Wildman–Crippen LogP) is 4.06. The monoisotopic (exact) mass is 343 g/mol. The van der Waals surface area contributed by atoms with Gasteiger partial charge in [-0.1, -0.05) is 13.0 Å². The van der Waals surface area contributed by atoms with E-state index in [0.29, 0.717) is 24.7 Å². The highest BCUT2D eigenvalue weighted by atomic mass is 16.5. The summed E-state index contributed by atoms with van der Waals surface area (Å²) in [6.45, 7) is 5.01. The Bertz CT molecular complexity index is 733. The molecule has 0 saturated carbocycles. The molecule has 5 nitrogen and oxygen atoms in total. The maximum atomic E-state index is 12.2. The lowest BCUT2D eigenvalue weighted by molar-refractivity contribution is -0.125.